The van der Waals surface area contributed by atoms with Gasteiger partial charge in [-0.2, -0.15) is 26.3 Å². The van der Waals surface area contributed by atoms with Gasteiger partial charge in [-0.15, -0.1) is 13.3 Å². The van der Waals surface area contributed by atoms with Gasteiger partial charge in [0.1, 0.15) is 0 Å². The Morgan fingerprint density at radius 1 is 1.00 bits per heavy atom. The Hall–Kier alpha value is -0.220. The van der Waals surface area contributed by atoms with E-state index in [1.54, 1.807) is 0 Å². The van der Waals surface area contributed by atoms with Crippen molar-refractivity contribution in [2.45, 2.75) is 18.5 Å². The highest BCUT2D eigenvalue weighted by Gasteiger charge is 2.61. The number of rotatable bonds is 4. The molecule has 15 heteroatoms. The fourth-order valence-corrected chi connectivity index (χ4v) is 2.49. The van der Waals surface area contributed by atoms with E-state index in [0.29, 0.717) is 0 Å². The fourth-order valence-electron chi connectivity index (χ4n) is 0.612. The zero-order valence-electron chi connectivity index (χ0n) is 7.67. The Morgan fingerprint density at radius 3 is 1.56 bits per heavy atom. The molecule has 0 saturated heterocycles. The lowest BCUT2D eigenvalue weighted by Gasteiger charge is -2.24. The van der Waals surface area contributed by atoms with E-state index >= 15 is 0 Å². The molecule has 0 aromatic carbocycles. The van der Waals surface area contributed by atoms with Crippen LogP contribution in [0.3, 0.4) is 0 Å². The highest BCUT2D eigenvalue weighted by Crippen LogP contribution is 2.58. The standard InChI is InChI=1S/C3H3F8NO4P2/c4-2(5,6)1(3(7,8)9)16-18(11,15)12-17(10,13)14/h1H,(H2,12,13,14,15). The molecule has 110 valence electrons. The van der Waals surface area contributed by atoms with Crippen LogP contribution in [0.2, 0.25) is 0 Å². The SMILES string of the molecule is O=P(O)(F)NP(=O)(F)OC(C(F)(F)F)C(F)(F)F. The summed E-state index contributed by atoms with van der Waals surface area (Å²) in [6, 6.07) is 0. The summed E-state index contributed by atoms with van der Waals surface area (Å²) >= 11 is 0. The van der Waals surface area contributed by atoms with E-state index in [4.69, 9.17) is 4.89 Å². The minimum Gasteiger partial charge on any atom is -0.309 e. The molecule has 0 aromatic heterocycles. The van der Waals surface area contributed by atoms with Gasteiger partial charge in [-0.25, -0.2) is 9.13 Å². The van der Waals surface area contributed by atoms with Crippen molar-refractivity contribution >= 4 is 15.7 Å². The molecule has 0 aromatic rings. The molecular weight excluding hydrogens is 328 g/mol. The van der Waals surface area contributed by atoms with E-state index in [9.17, 15) is 43.9 Å². The molecule has 2 unspecified atom stereocenters. The maximum Gasteiger partial charge on any atom is 0.453 e. The van der Waals surface area contributed by atoms with E-state index in [-0.39, 0.29) is 4.86 Å². The van der Waals surface area contributed by atoms with Gasteiger partial charge < -0.3 is 4.89 Å². The molecule has 0 saturated carbocycles. The highest BCUT2D eigenvalue weighted by atomic mass is 31.3. The van der Waals surface area contributed by atoms with Crippen molar-refractivity contribution < 1.29 is 53.3 Å². The number of hydrogen-bond acceptors (Lipinski definition) is 3. The third kappa shape index (κ3) is 6.64. The Morgan fingerprint density at radius 2 is 1.33 bits per heavy atom. The number of hydrogen-bond donors (Lipinski definition) is 2. The van der Waals surface area contributed by atoms with Crippen molar-refractivity contribution in [1.82, 2.24) is 4.86 Å². The maximum atomic E-state index is 12.5. The summed E-state index contributed by atoms with van der Waals surface area (Å²) in [5.74, 6) is 0. The molecule has 0 radical (unpaired) electrons. The van der Waals surface area contributed by atoms with Gasteiger partial charge in [0.15, 0.2) is 0 Å². The summed E-state index contributed by atoms with van der Waals surface area (Å²) in [5, 5.41) is 0. The molecule has 18 heavy (non-hydrogen) atoms. The smallest absolute Gasteiger partial charge is 0.309 e. The van der Waals surface area contributed by atoms with Gasteiger partial charge in [0.05, 0.1) is 0 Å². The zero-order chi connectivity index (χ0) is 15.0. The zero-order valence-corrected chi connectivity index (χ0v) is 9.46. The van der Waals surface area contributed by atoms with Crippen molar-refractivity contribution in [2.24, 2.45) is 0 Å². The molecule has 0 aliphatic rings. The van der Waals surface area contributed by atoms with Crippen molar-refractivity contribution in [3.63, 3.8) is 0 Å². The molecule has 0 heterocycles. The molecule has 0 amide bonds. The van der Waals surface area contributed by atoms with Gasteiger partial charge in [-0.05, 0) is 0 Å². The van der Waals surface area contributed by atoms with E-state index in [1.807, 2.05) is 0 Å². The van der Waals surface area contributed by atoms with Crippen LogP contribution in [0, 0.1) is 0 Å². The predicted molar refractivity (Wildman–Crippen MR) is 39.8 cm³/mol. The van der Waals surface area contributed by atoms with Gasteiger partial charge in [-0.3, -0.25) is 4.52 Å². The van der Waals surface area contributed by atoms with Crippen LogP contribution in [-0.4, -0.2) is 23.3 Å². The molecule has 5 nitrogen and oxygen atoms in total. The van der Waals surface area contributed by atoms with Crippen LogP contribution in [0.25, 0.3) is 0 Å². The molecule has 0 aliphatic carbocycles. The lowest BCUT2D eigenvalue weighted by molar-refractivity contribution is -0.301. The van der Waals surface area contributed by atoms with Crippen LogP contribution in [0.5, 0.6) is 0 Å². The minimum atomic E-state index is -6.64. The van der Waals surface area contributed by atoms with Crippen LogP contribution in [0.1, 0.15) is 0 Å². The monoisotopic (exact) mass is 331 g/mol. The quantitative estimate of drug-likeness (QED) is 0.611. The number of nitrogens with one attached hydrogen (secondary N) is 1. The van der Waals surface area contributed by atoms with Crippen LogP contribution in [-0.2, 0) is 13.7 Å². The van der Waals surface area contributed by atoms with Crippen molar-refractivity contribution in [3.8, 4) is 0 Å². The number of alkyl halides is 6. The van der Waals surface area contributed by atoms with E-state index in [1.165, 1.54) is 0 Å². The van der Waals surface area contributed by atoms with Gasteiger partial charge in [-0.1, -0.05) is 0 Å². The molecule has 0 aliphatic heterocycles. The van der Waals surface area contributed by atoms with Gasteiger partial charge in [0.25, 0.3) is 6.10 Å². The van der Waals surface area contributed by atoms with Crippen LogP contribution >= 0.6 is 15.7 Å². The van der Waals surface area contributed by atoms with Crippen molar-refractivity contribution in [2.75, 3.05) is 0 Å². The van der Waals surface area contributed by atoms with Crippen molar-refractivity contribution in [3.05, 3.63) is 0 Å². The van der Waals surface area contributed by atoms with E-state index in [0.717, 1.165) is 0 Å². The average molecular weight is 331 g/mol. The van der Waals surface area contributed by atoms with Gasteiger partial charge >= 0.3 is 28.0 Å². The summed E-state index contributed by atoms with van der Waals surface area (Å²) in [7, 11) is -12.8. The first kappa shape index (κ1) is 17.8. The Balaban J connectivity index is 5.14. The summed E-state index contributed by atoms with van der Waals surface area (Å²) in [6.07, 6.45) is -17.3. The molecule has 0 spiro atoms. The second-order valence-corrected chi connectivity index (χ2v) is 5.62. The normalized spacial score (nSPS) is 20.6. The predicted octanol–water partition coefficient (Wildman–Crippen LogP) is 3.23. The van der Waals surface area contributed by atoms with Crippen LogP contribution < -0.4 is 4.86 Å². The molecule has 0 fully saturated rings. The molecule has 2 N–H and O–H groups in total. The Bertz CT molecular complexity index is 371. The molecular formula is C3H3F8NO4P2. The third-order valence-electron chi connectivity index (χ3n) is 1.08. The topological polar surface area (TPSA) is 75.6 Å². The molecule has 2 atom stereocenters. The van der Waals surface area contributed by atoms with E-state index in [2.05, 4.69) is 4.52 Å². The molecule has 0 rings (SSSR count). The second-order valence-electron chi connectivity index (χ2n) is 2.65. The summed E-state index contributed by atoms with van der Waals surface area (Å²) < 4.78 is 118. The minimum absolute atomic E-state index is 0.119. The first-order valence-electron chi connectivity index (χ1n) is 3.48. The summed E-state index contributed by atoms with van der Waals surface area (Å²) in [5.41, 5.74) is 0. The molecule has 0 bridgehead atoms. The van der Waals surface area contributed by atoms with Gasteiger partial charge in [0.2, 0.25) is 0 Å². The first-order valence-corrected chi connectivity index (χ1v) is 6.55. The van der Waals surface area contributed by atoms with Crippen LogP contribution in [0.15, 0.2) is 0 Å². The Labute approximate surface area is 93.4 Å². The lowest BCUT2D eigenvalue weighted by atomic mass is 10.3. The summed E-state index contributed by atoms with van der Waals surface area (Å²) in [4.78, 5) is 7.68. The lowest BCUT2D eigenvalue weighted by Crippen LogP contribution is -2.44. The van der Waals surface area contributed by atoms with E-state index < -0.39 is 34.1 Å². The third-order valence-corrected chi connectivity index (χ3v) is 3.50. The van der Waals surface area contributed by atoms with Gasteiger partial charge in [0, 0.05) is 0 Å². The largest absolute Gasteiger partial charge is 0.453 e. The summed E-state index contributed by atoms with van der Waals surface area (Å²) in [6.45, 7) is 0. The second kappa shape index (κ2) is 5.04. The first-order chi connectivity index (χ1) is 7.55. The highest BCUT2D eigenvalue weighted by molar-refractivity contribution is 7.66. The average Bonchev–Trinajstić information content (AvgIpc) is 1.90. The van der Waals surface area contributed by atoms with Crippen molar-refractivity contribution in [1.29, 1.82) is 0 Å². The fraction of sp³-hybridized carbons (Fsp3) is 1.00. The van der Waals surface area contributed by atoms with Crippen LogP contribution in [0.4, 0.5) is 34.7 Å². The Kier molecular flexibility index (Phi) is 4.98. The maximum absolute atomic E-state index is 12.5. The number of halogens is 8.